The standard InChI is InChI=1S/C12H11ClO3/c1-7-6-10(13)8(2)5-9(7)11(14)3-4-12(15)16/h3-6H,1-2H3,(H,15,16). The molecule has 4 heteroatoms. The molecule has 0 bridgehead atoms. The average molecular weight is 239 g/mol. The van der Waals surface area contributed by atoms with Crippen LogP contribution in [0.15, 0.2) is 24.3 Å². The molecule has 0 aromatic heterocycles. The van der Waals surface area contributed by atoms with Crippen LogP contribution in [-0.2, 0) is 4.79 Å². The van der Waals surface area contributed by atoms with Crippen LogP contribution in [0.3, 0.4) is 0 Å². The summed E-state index contributed by atoms with van der Waals surface area (Å²) in [6.07, 6.45) is 1.86. The van der Waals surface area contributed by atoms with Gasteiger partial charge in [0.05, 0.1) is 0 Å². The number of ketones is 1. The lowest BCUT2D eigenvalue weighted by Crippen LogP contribution is -2.00. The van der Waals surface area contributed by atoms with Gasteiger partial charge in [0, 0.05) is 16.7 Å². The Labute approximate surface area is 98.4 Å². The summed E-state index contributed by atoms with van der Waals surface area (Å²) in [5.41, 5.74) is 1.99. The molecule has 3 nitrogen and oxygen atoms in total. The highest BCUT2D eigenvalue weighted by Crippen LogP contribution is 2.20. The Balaban J connectivity index is 3.09. The molecule has 0 atom stereocenters. The van der Waals surface area contributed by atoms with Gasteiger partial charge in [-0.15, -0.1) is 0 Å². The molecule has 0 aliphatic heterocycles. The van der Waals surface area contributed by atoms with Gasteiger partial charge in [0.15, 0.2) is 5.78 Å². The minimum absolute atomic E-state index is 0.334. The van der Waals surface area contributed by atoms with Gasteiger partial charge in [0.25, 0.3) is 0 Å². The summed E-state index contributed by atoms with van der Waals surface area (Å²) >= 11 is 5.89. The van der Waals surface area contributed by atoms with Gasteiger partial charge in [-0.25, -0.2) is 4.79 Å². The van der Waals surface area contributed by atoms with Crippen LogP contribution in [0.1, 0.15) is 21.5 Å². The molecule has 0 saturated carbocycles. The topological polar surface area (TPSA) is 54.4 Å². The van der Waals surface area contributed by atoms with E-state index < -0.39 is 5.97 Å². The molecule has 1 aromatic carbocycles. The van der Waals surface area contributed by atoms with E-state index in [0.717, 1.165) is 23.3 Å². The van der Waals surface area contributed by atoms with E-state index >= 15 is 0 Å². The first-order valence-electron chi connectivity index (χ1n) is 4.64. The summed E-state index contributed by atoms with van der Waals surface area (Å²) in [6.45, 7) is 3.55. The highest BCUT2D eigenvalue weighted by atomic mass is 35.5. The zero-order valence-electron chi connectivity index (χ0n) is 8.95. The molecule has 0 spiro atoms. The van der Waals surface area contributed by atoms with E-state index in [1.807, 2.05) is 0 Å². The van der Waals surface area contributed by atoms with Crippen molar-refractivity contribution in [1.82, 2.24) is 0 Å². The van der Waals surface area contributed by atoms with Gasteiger partial charge in [-0.3, -0.25) is 4.79 Å². The van der Waals surface area contributed by atoms with Crippen molar-refractivity contribution >= 4 is 23.4 Å². The number of carbonyl (C=O) groups excluding carboxylic acids is 1. The number of halogens is 1. The van der Waals surface area contributed by atoms with Crippen molar-refractivity contribution in [2.45, 2.75) is 13.8 Å². The van der Waals surface area contributed by atoms with Gasteiger partial charge in [-0.05, 0) is 43.2 Å². The summed E-state index contributed by atoms with van der Waals surface area (Å²) in [4.78, 5) is 21.9. The highest BCUT2D eigenvalue weighted by molar-refractivity contribution is 6.31. The monoisotopic (exact) mass is 238 g/mol. The maximum atomic E-state index is 11.6. The van der Waals surface area contributed by atoms with E-state index in [-0.39, 0.29) is 5.78 Å². The van der Waals surface area contributed by atoms with E-state index in [1.165, 1.54) is 0 Å². The van der Waals surface area contributed by atoms with Gasteiger partial charge < -0.3 is 5.11 Å². The van der Waals surface area contributed by atoms with Crippen LogP contribution in [-0.4, -0.2) is 16.9 Å². The molecule has 1 rings (SSSR count). The predicted molar refractivity (Wildman–Crippen MR) is 62.0 cm³/mol. The van der Waals surface area contributed by atoms with Crippen LogP contribution in [0.5, 0.6) is 0 Å². The zero-order chi connectivity index (χ0) is 12.3. The minimum atomic E-state index is -1.14. The lowest BCUT2D eigenvalue weighted by Gasteiger charge is -2.05. The van der Waals surface area contributed by atoms with Crippen LogP contribution >= 0.6 is 11.6 Å². The average Bonchev–Trinajstić information content (AvgIpc) is 2.20. The van der Waals surface area contributed by atoms with Crippen molar-refractivity contribution in [3.63, 3.8) is 0 Å². The highest BCUT2D eigenvalue weighted by Gasteiger charge is 2.08. The van der Waals surface area contributed by atoms with Crippen LogP contribution in [0.25, 0.3) is 0 Å². The molecule has 1 N–H and O–H groups in total. The Morgan fingerprint density at radius 1 is 1.19 bits per heavy atom. The third kappa shape index (κ3) is 2.94. The molecule has 0 unspecified atom stereocenters. The maximum Gasteiger partial charge on any atom is 0.328 e. The third-order valence-corrected chi connectivity index (χ3v) is 2.56. The first-order valence-corrected chi connectivity index (χ1v) is 5.01. The maximum absolute atomic E-state index is 11.6. The number of carboxylic acids is 1. The molecule has 0 aliphatic rings. The van der Waals surface area contributed by atoms with E-state index in [0.29, 0.717) is 10.6 Å². The predicted octanol–water partition coefficient (Wildman–Crippen LogP) is 2.78. The fourth-order valence-corrected chi connectivity index (χ4v) is 1.50. The van der Waals surface area contributed by atoms with Gasteiger partial charge in [0.1, 0.15) is 0 Å². The zero-order valence-corrected chi connectivity index (χ0v) is 9.71. The van der Waals surface area contributed by atoms with Crippen molar-refractivity contribution < 1.29 is 14.7 Å². The fraction of sp³-hybridized carbons (Fsp3) is 0.167. The fourth-order valence-electron chi connectivity index (χ4n) is 1.28. The molecule has 0 fully saturated rings. The SMILES string of the molecule is Cc1cc(C(=O)C=CC(=O)O)c(C)cc1Cl. The molecule has 0 radical (unpaired) electrons. The van der Waals surface area contributed by atoms with Crippen LogP contribution < -0.4 is 0 Å². The summed E-state index contributed by atoms with van der Waals surface area (Å²) in [7, 11) is 0. The van der Waals surface area contributed by atoms with Gasteiger partial charge in [0.2, 0.25) is 0 Å². The Morgan fingerprint density at radius 2 is 1.81 bits per heavy atom. The third-order valence-electron chi connectivity index (χ3n) is 2.15. The van der Waals surface area contributed by atoms with E-state index in [1.54, 1.807) is 26.0 Å². The van der Waals surface area contributed by atoms with Crippen LogP contribution in [0.4, 0.5) is 0 Å². The van der Waals surface area contributed by atoms with Crippen LogP contribution in [0.2, 0.25) is 5.02 Å². The number of carbonyl (C=O) groups is 2. The lowest BCUT2D eigenvalue weighted by molar-refractivity contribution is -0.131. The minimum Gasteiger partial charge on any atom is -0.478 e. The number of carboxylic acid groups (broad SMARTS) is 1. The quantitative estimate of drug-likeness (QED) is 0.651. The first kappa shape index (κ1) is 12.5. The molecule has 84 valence electrons. The summed E-state index contributed by atoms with van der Waals surface area (Å²) in [5.74, 6) is -1.48. The van der Waals surface area contributed by atoms with Crippen molar-refractivity contribution in [3.05, 3.63) is 46.0 Å². The number of aliphatic carboxylic acids is 1. The second-order valence-corrected chi connectivity index (χ2v) is 3.86. The summed E-state index contributed by atoms with van der Waals surface area (Å²) < 4.78 is 0. The second-order valence-electron chi connectivity index (χ2n) is 3.45. The summed E-state index contributed by atoms with van der Waals surface area (Å²) in [5, 5.41) is 9.01. The Bertz CT molecular complexity index is 475. The largest absolute Gasteiger partial charge is 0.478 e. The Hall–Kier alpha value is -1.61. The normalized spacial score (nSPS) is 10.7. The number of allylic oxidation sites excluding steroid dienone is 1. The molecule has 1 aromatic rings. The van der Waals surface area contributed by atoms with Gasteiger partial charge >= 0.3 is 5.97 Å². The molecule has 0 amide bonds. The van der Waals surface area contributed by atoms with Crippen molar-refractivity contribution in [3.8, 4) is 0 Å². The van der Waals surface area contributed by atoms with Crippen molar-refractivity contribution in [2.75, 3.05) is 0 Å². The molecular formula is C12H11ClO3. The molecule has 0 saturated heterocycles. The second kappa shape index (κ2) is 4.94. The Morgan fingerprint density at radius 3 is 2.38 bits per heavy atom. The van der Waals surface area contributed by atoms with E-state index in [9.17, 15) is 9.59 Å². The molecule has 16 heavy (non-hydrogen) atoms. The van der Waals surface area contributed by atoms with Crippen LogP contribution in [0, 0.1) is 13.8 Å². The molecule has 0 heterocycles. The Kier molecular flexibility index (Phi) is 3.85. The van der Waals surface area contributed by atoms with Crippen molar-refractivity contribution in [2.24, 2.45) is 0 Å². The number of aryl methyl sites for hydroxylation is 2. The molecule has 0 aliphatic carbocycles. The van der Waals surface area contributed by atoms with Crippen molar-refractivity contribution in [1.29, 1.82) is 0 Å². The number of rotatable bonds is 3. The number of hydrogen-bond donors (Lipinski definition) is 1. The molecular weight excluding hydrogens is 228 g/mol. The number of hydrogen-bond acceptors (Lipinski definition) is 2. The smallest absolute Gasteiger partial charge is 0.328 e. The van der Waals surface area contributed by atoms with E-state index in [2.05, 4.69) is 0 Å². The lowest BCUT2D eigenvalue weighted by atomic mass is 10.0. The van der Waals surface area contributed by atoms with E-state index in [4.69, 9.17) is 16.7 Å². The van der Waals surface area contributed by atoms with Gasteiger partial charge in [-0.2, -0.15) is 0 Å². The van der Waals surface area contributed by atoms with Gasteiger partial charge in [-0.1, -0.05) is 11.6 Å². The first-order chi connectivity index (χ1) is 7.41. The number of benzene rings is 1. The summed E-state index contributed by atoms with van der Waals surface area (Å²) in [6, 6.07) is 3.35.